The lowest BCUT2D eigenvalue weighted by atomic mass is 9.94. The van der Waals surface area contributed by atoms with Gasteiger partial charge in [0.05, 0.1) is 5.92 Å². The van der Waals surface area contributed by atoms with Crippen LogP contribution >= 0.6 is 0 Å². The van der Waals surface area contributed by atoms with E-state index in [0.29, 0.717) is 18.3 Å². The van der Waals surface area contributed by atoms with E-state index in [9.17, 15) is 4.79 Å². The van der Waals surface area contributed by atoms with Crippen molar-refractivity contribution < 1.29 is 4.79 Å². The Morgan fingerprint density at radius 1 is 1.16 bits per heavy atom. The first kappa shape index (κ1) is 15.5. The van der Waals surface area contributed by atoms with Gasteiger partial charge in [0.25, 0.3) is 0 Å². The maximum absolute atomic E-state index is 11.5. The highest BCUT2D eigenvalue weighted by Crippen LogP contribution is 2.15. The third kappa shape index (κ3) is 6.23. The Morgan fingerprint density at radius 2 is 1.79 bits per heavy atom. The minimum atomic E-state index is -0.253. The third-order valence-electron chi connectivity index (χ3n) is 3.18. The Hall–Kier alpha value is -1.57. The van der Waals surface area contributed by atoms with Gasteiger partial charge in [0.1, 0.15) is 0 Å². The zero-order valence-electron chi connectivity index (χ0n) is 12.2. The van der Waals surface area contributed by atoms with Crippen LogP contribution in [0, 0.1) is 17.8 Å². The van der Waals surface area contributed by atoms with Crippen LogP contribution in [-0.2, 0) is 11.2 Å². The molecule has 0 spiro atoms. The number of benzene rings is 1. The third-order valence-corrected chi connectivity index (χ3v) is 3.18. The topological polar surface area (TPSA) is 43.1 Å². The second kappa shape index (κ2) is 7.78. The highest BCUT2D eigenvalue weighted by atomic mass is 16.1. The van der Waals surface area contributed by atoms with Crippen molar-refractivity contribution in [2.75, 3.05) is 0 Å². The number of amides is 1. The molecule has 19 heavy (non-hydrogen) atoms. The summed E-state index contributed by atoms with van der Waals surface area (Å²) in [6.45, 7) is 6.59. The van der Waals surface area contributed by atoms with Crippen molar-refractivity contribution in [2.24, 2.45) is 23.5 Å². The molecule has 1 aromatic rings. The van der Waals surface area contributed by atoms with E-state index >= 15 is 0 Å². The van der Waals surface area contributed by atoms with E-state index in [4.69, 9.17) is 5.73 Å². The molecule has 2 atom stereocenters. The van der Waals surface area contributed by atoms with Gasteiger partial charge in [0.2, 0.25) is 5.91 Å². The van der Waals surface area contributed by atoms with Crippen LogP contribution in [0.1, 0.15) is 32.8 Å². The van der Waals surface area contributed by atoms with Crippen molar-refractivity contribution in [2.45, 2.75) is 33.6 Å². The minimum absolute atomic E-state index is 0.211. The van der Waals surface area contributed by atoms with Crippen molar-refractivity contribution in [3.63, 3.8) is 0 Å². The van der Waals surface area contributed by atoms with Gasteiger partial charge in [-0.15, -0.1) is 0 Å². The fraction of sp³-hybridized carbons (Fsp3) is 0.471. The summed E-state index contributed by atoms with van der Waals surface area (Å²) < 4.78 is 0. The van der Waals surface area contributed by atoms with Crippen molar-refractivity contribution in [3.05, 3.63) is 48.0 Å². The molecule has 1 amide bonds. The van der Waals surface area contributed by atoms with E-state index in [1.165, 1.54) is 0 Å². The van der Waals surface area contributed by atoms with Gasteiger partial charge in [0, 0.05) is 0 Å². The maximum atomic E-state index is 11.5. The molecule has 0 unspecified atom stereocenters. The first-order valence-electron chi connectivity index (χ1n) is 7.00. The molecule has 0 saturated carbocycles. The van der Waals surface area contributed by atoms with Crippen LogP contribution in [0.2, 0.25) is 0 Å². The second-order valence-electron chi connectivity index (χ2n) is 5.69. The molecule has 0 bridgehead atoms. The van der Waals surface area contributed by atoms with Crippen LogP contribution in [-0.4, -0.2) is 5.91 Å². The fourth-order valence-corrected chi connectivity index (χ4v) is 2.28. The van der Waals surface area contributed by atoms with Crippen molar-refractivity contribution in [1.29, 1.82) is 0 Å². The Morgan fingerprint density at radius 3 is 2.32 bits per heavy atom. The molecule has 1 rings (SSSR count). The molecule has 2 N–H and O–H groups in total. The lowest BCUT2D eigenvalue weighted by molar-refractivity contribution is -0.120. The van der Waals surface area contributed by atoms with Gasteiger partial charge in [-0.25, -0.2) is 0 Å². The number of hydrogen-bond acceptors (Lipinski definition) is 1. The average Bonchev–Trinajstić information content (AvgIpc) is 2.34. The highest BCUT2D eigenvalue weighted by Gasteiger charge is 2.13. The second-order valence-corrected chi connectivity index (χ2v) is 5.69. The summed E-state index contributed by atoms with van der Waals surface area (Å²) in [6, 6.07) is 10.0. The first-order chi connectivity index (χ1) is 8.99. The Bertz CT molecular complexity index is 409. The highest BCUT2D eigenvalue weighted by molar-refractivity contribution is 5.78. The van der Waals surface area contributed by atoms with Gasteiger partial charge in [-0.05, 0) is 30.2 Å². The lowest BCUT2D eigenvalue weighted by Crippen LogP contribution is -2.23. The van der Waals surface area contributed by atoms with Crippen LogP contribution in [0.25, 0.3) is 0 Å². The lowest BCUT2D eigenvalue weighted by Gasteiger charge is -2.12. The van der Waals surface area contributed by atoms with Crippen molar-refractivity contribution in [1.82, 2.24) is 0 Å². The van der Waals surface area contributed by atoms with Gasteiger partial charge in [-0.3, -0.25) is 4.79 Å². The number of nitrogens with two attached hydrogens (primary N) is 1. The molecular weight excluding hydrogens is 234 g/mol. The summed E-state index contributed by atoms with van der Waals surface area (Å²) in [4.78, 5) is 11.5. The molecule has 0 aliphatic rings. The van der Waals surface area contributed by atoms with E-state index < -0.39 is 0 Å². The van der Waals surface area contributed by atoms with Gasteiger partial charge in [0.15, 0.2) is 0 Å². The number of hydrogen-bond donors (Lipinski definition) is 1. The number of carbonyl (C=O) groups is 1. The SMILES string of the molecule is CC(C)C[C@H](C)/C=C/[C@H](Cc1ccccc1)C(N)=O. The Kier molecular flexibility index (Phi) is 6.34. The quantitative estimate of drug-likeness (QED) is 0.747. The van der Waals surface area contributed by atoms with Gasteiger partial charge in [-0.2, -0.15) is 0 Å². The average molecular weight is 259 g/mol. The van der Waals surface area contributed by atoms with Gasteiger partial charge >= 0.3 is 0 Å². The number of rotatable bonds is 7. The monoisotopic (exact) mass is 259 g/mol. The van der Waals surface area contributed by atoms with Gasteiger partial charge < -0.3 is 5.73 Å². The molecule has 104 valence electrons. The molecule has 0 aliphatic carbocycles. The Labute approximate surface area is 116 Å². The largest absolute Gasteiger partial charge is 0.369 e. The maximum Gasteiger partial charge on any atom is 0.224 e. The molecular formula is C17H25NO. The molecule has 1 aromatic carbocycles. The molecule has 0 radical (unpaired) electrons. The number of allylic oxidation sites excluding steroid dienone is 1. The van der Waals surface area contributed by atoms with E-state index in [1.54, 1.807) is 0 Å². The van der Waals surface area contributed by atoms with Crippen LogP contribution in [0.4, 0.5) is 0 Å². The summed E-state index contributed by atoms with van der Waals surface area (Å²) in [5.41, 5.74) is 6.63. The van der Waals surface area contributed by atoms with E-state index in [1.807, 2.05) is 36.4 Å². The molecule has 2 heteroatoms. The van der Waals surface area contributed by atoms with E-state index in [-0.39, 0.29) is 11.8 Å². The molecule has 0 fully saturated rings. The van der Waals surface area contributed by atoms with E-state index in [2.05, 4.69) is 26.8 Å². The summed E-state index contributed by atoms with van der Waals surface area (Å²) in [6.07, 6.45) is 5.91. The summed E-state index contributed by atoms with van der Waals surface area (Å²) in [5, 5.41) is 0. The van der Waals surface area contributed by atoms with E-state index in [0.717, 1.165) is 12.0 Å². The first-order valence-corrected chi connectivity index (χ1v) is 7.00. The zero-order valence-corrected chi connectivity index (χ0v) is 12.2. The number of carbonyl (C=O) groups excluding carboxylic acids is 1. The normalized spacial score (nSPS) is 14.7. The predicted octanol–water partition coefficient (Wildman–Crippen LogP) is 3.57. The zero-order chi connectivity index (χ0) is 14.3. The number of primary amides is 1. The molecule has 2 nitrogen and oxygen atoms in total. The summed E-state index contributed by atoms with van der Waals surface area (Å²) in [7, 11) is 0. The van der Waals surface area contributed by atoms with Crippen molar-refractivity contribution >= 4 is 5.91 Å². The summed E-state index contributed by atoms with van der Waals surface area (Å²) in [5.74, 6) is 0.687. The van der Waals surface area contributed by atoms with Gasteiger partial charge in [-0.1, -0.05) is 63.3 Å². The molecule has 0 heterocycles. The van der Waals surface area contributed by atoms with Crippen LogP contribution in [0.3, 0.4) is 0 Å². The summed E-state index contributed by atoms with van der Waals surface area (Å²) >= 11 is 0. The predicted molar refractivity (Wildman–Crippen MR) is 80.6 cm³/mol. The standard InChI is InChI=1S/C17H25NO/c1-13(2)11-14(3)9-10-16(17(18)19)12-15-7-5-4-6-8-15/h4-10,13-14,16H,11-12H2,1-3H3,(H2,18,19)/b10-9+/t14-,16-/m1/s1. The molecule has 0 saturated heterocycles. The Balaban J connectivity index is 2.63. The molecule has 0 aliphatic heterocycles. The van der Waals surface area contributed by atoms with Crippen molar-refractivity contribution in [3.8, 4) is 0 Å². The van der Waals surface area contributed by atoms with Crippen LogP contribution in [0.5, 0.6) is 0 Å². The fourth-order valence-electron chi connectivity index (χ4n) is 2.28. The minimum Gasteiger partial charge on any atom is -0.369 e. The smallest absolute Gasteiger partial charge is 0.224 e. The van der Waals surface area contributed by atoms with Crippen LogP contribution < -0.4 is 5.73 Å². The molecule has 0 aromatic heterocycles. The van der Waals surface area contributed by atoms with Crippen LogP contribution in [0.15, 0.2) is 42.5 Å².